The summed E-state index contributed by atoms with van der Waals surface area (Å²) in [6, 6.07) is 6.05. The fourth-order valence-corrected chi connectivity index (χ4v) is 2.78. The van der Waals surface area contributed by atoms with Gasteiger partial charge in [0.05, 0.1) is 23.8 Å². The minimum atomic E-state index is -0.356. The molecule has 2 aromatic rings. The van der Waals surface area contributed by atoms with Gasteiger partial charge in [-0.15, -0.1) is 0 Å². The first-order valence-corrected chi connectivity index (χ1v) is 7.24. The minimum absolute atomic E-state index is 0.335. The SMILES string of the molecule is COc1cccc2c(B3OC(C)(C)C(C)(C)O3)cn(C)c12. The fourth-order valence-electron chi connectivity index (χ4n) is 2.78. The number of aromatic nitrogens is 1. The second-order valence-electron chi connectivity index (χ2n) is 6.64. The van der Waals surface area contributed by atoms with E-state index in [1.54, 1.807) is 7.11 Å². The van der Waals surface area contributed by atoms with Crippen molar-refractivity contribution in [1.82, 2.24) is 4.57 Å². The van der Waals surface area contributed by atoms with Gasteiger partial charge in [-0.25, -0.2) is 0 Å². The molecule has 0 N–H and O–H groups in total. The van der Waals surface area contributed by atoms with Crippen molar-refractivity contribution in [1.29, 1.82) is 0 Å². The first-order chi connectivity index (χ1) is 9.77. The quantitative estimate of drug-likeness (QED) is 0.795. The van der Waals surface area contributed by atoms with E-state index >= 15 is 0 Å². The highest BCUT2D eigenvalue weighted by atomic mass is 16.7. The summed E-state index contributed by atoms with van der Waals surface area (Å²) in [5, 5.41) is 1.11. The summed E-state index contributed by atoms with van der Waals surface area (Å²) in [7, 11) is 3.35. The molecule has 3 rings (SSSR count). The lowest BCUT2D eigenvalue weighted by Gasteiger charge is -2.32. The number of para-hydroxylation sites is 1. The minimum Gasteiger partial charge on any atom is -0.495 e. The summed E-state index contributed by atoms with van der Waals surface area (Å²) >= 11 is 0. The third kappa shape index (κ3) is 2.07. The Kier molecular flexibility index (Phi) is 3.12. The number of methoxy groups -OCH3 is 1. The molecule has 1 aromatic heterocycles. The van der Waals surface area contributed by atoms with E-state index in [9.17, 15) is 0 Å². The van der Waals surface area contributed by atoms with Crippen molar-refractivity contribution in [2.75, 3.05) is 7.11 Å². The number of hydrogen-bond donors (Lipinski definition) is 0. The van der Waals surface area contributed by atoms with Gasteiger partial charge in [-0.3, -0.25) is 0 Å². The van der Waals surface area contributed by atoms with Crippen LogP contribution in [0, 0.1) is 0 Å². The first kappa shape index (κ1) is 14.5. The molecular formula is C16H22BNO3. The summed E-state index contributed by atoms with van der Waals surface area (Å²) in [6.45, 7) is 8.27. The molecule has 5 heteroatoms. The van der Waals surface area contributed by atoms with Crippen LogP contribution < -0.4 is 10.2 Å². The van der Waals surface area contributed by atoms with E-state index in [-0.39, 0.29) is 18.3 Å². The number of nitrogens with zero attached hydrogens (tertiary/aromatic N) is 1. The number of hydrogen-bond acceptors (Lipinski definition) is 3. The molecule has 1 aromatic carbocycles. The molecule has 2 heterocycles. The summed E-state index contributed by atoms with van der Waals surface area (Å²) in [5.41, 5.74) is 1.44. The third-order valence-electron chi connectivity index (χ3n) is 4.72. The van der Waals surface area contributed by atoms with Gasteiger partial charge in [-0.1, -0.05) is 12.1 Å². The highest BCUT2D eigenvalue weighted by Crippen LogP contribution is 2.37. The second-order valence-corrected chi connectivity index (χ2v) is 6.64. The van der Waals surface area contributed by atoms with Crippen LogP contribution >= 0.6 is 0 Å². The Hall–Kier alpha value is -1.46. The molecule has 0 atom stereocenters. The lowest BCUT2D eigenvalue weighted by Crippen LogP contribution is -2.41. The van der Waals surface area contributed by atoms with Crippen LogP contribution in [0.3, 0.4) is 0 Å². The Morgan fingerprint density at radius 1 is 1.10 bits per heavy atom. The molecule has 0 unspecified atom stereocenters. The number of benzene rings is 1. The summed E-state index contributed by atoms with van der Waals surface area (Å²) in [6.07, 6.45) is 2.06. The molecule has 0 saturated carbocycles. The summed E-state index contributed by atoms with van der Waals surface area (Å²) < 4.78 is 19.9. The number of ether oxygens (including phenoxy) is 1. The Morgan fingerprint density at radius 2 is 1.71 bits per heavy atom. The average Bonchev–Trinajstić information content (AvgIpc) is 2.85. The van der Waals surface area contributed by atoms with Crippen LogP contribution in [0.2, 0.25) is 0 Å². The lowest BCUT2D eigenvalue weighted by molar-refractivity contribution is 0.00578. The van der Waals surface area contributed by atoms with E-state index in [1.807, 2.05) is 19.2 Å². The van der Waals surface area contributed by atoms with Gasteiger partial charge in [-0.05, 0) is 33.8 Å². The topological polar surface area (TPSA) is 32.6 Å². The Balaban J connectivity index is 2.11. The van der Waals surface area contributed by atoms with Gasteiger partial charge in [0.2, 0.25) is 0 Å². The van der Waals surface area contributed by atoms with Crippen molar-refractivity contribution in [3.63, 3.8) is 0 Å². The van der Waals surface area contributed by atoms with Gasteiger partial charge in [0.1, 0.15) is 5.75 Å². The smallest absolute Gasteiger partial charge is 0.495 e. The lowest BCUT2D eigenvalue weighted by atomic mass is 9.79. The highest BCUT2D eigenvalue weighted by Gasteiger charge is 2.52. The maximum Gasteiger partial charge on any atom is 0.497 e. The van der Waals surface area contributed by atoms with Crippen LogP contribution in [0.15, 0.2) is 24.4 Å². The maximum atomic E-state index is 6.17. The molecule has 1 saturated heterocycles. The Bertz CT molecular complexity index is 674. The van der Waals surface area contributed by atoms with Crippen molar-refractivity contribution in [3.8, 4) is 5.75 Å². The van der Waals surface area contributed by atoms with E-state index in [2.05, 4.69) is 44.5 Å². The second kappa shape index (κ2) is 4.52. The van der Waals surface area contributed by atoms with Crippen molar-refractivity contribution >= 4 is 23.5 Å². The molecular weight excluding hydrogens is 265 g/mol. The van der Waals surface area contributed by atoms with Gasteiger partial charge in [0.25, 0.3) is 0 Å². The molecule has 0 radical (unpaired) electrons. The highest BCUT2D eigenvalue weighted by molar-refractivity contribution is 6.65. The molecule has 21 heavy (non-hydrogen) atoms. The molecule has 1 aliphatic heterocycles. The van der Waals surface area contributed by atoms with Gasteiger partial charge in [0.15, 0.2) is 0 Å². The molecule has 1 aliphatic rings. The molecule has 112 valence electrons. The molecule has 1 fully saturated rings. The van der Waals surface area contributed by atoms with E-state index in [4.69, 9.17) is 14.0 Å². The molecule has 0 bridgehead atoms. The van der Waals surface area contributed by atoms with E-state index in [0.29, 0.717) is 0 Å². The van der Waals surface area contributed by atoms with E-state index < -0.39 is 0 Å². The zero-order valence-electron chi connectivity index (χ0n) is 13.6. The molecule has 0 aliphatic carbocycles. The Labute approximate surface area is 126 Å². The van der Waals surface area contributed by atoms with E-state index in [0.717, 1.165) is 22.1 Å². The maximum absolute atomic E-state index is 6.17. The predicted octanol–water partition coefficient (Wildman–Crippen LogP) is 2.49. The summed E-state index contributed by atoms with van der Waals surface area (Å²) in [4.78, 5) is 0. The number of fused-ring (bicyclic) bond motifs is 1. The van der Waals surface area contributed by atoms with Crippen molar-refractivity contribution in [2.45, 2.75) is 38.9 Å². The third-order valence-corrected chi connectivity index (χ3v) is 4.72. The van der Waals surface area contributed by atoms with Crippen LogP contribution in [-0.2, 0) is 16.4 Å². The van der Waals surface area contributed by atoms with Gasteiger partial charge in [0, 0.05) is 24.1 Å². The normalized spacial score (nSPS) is 20.2. The van der Waals surface area contributed by atoms with Crippen molar-refractivity contribution < 1.29 is 14.0 Å². The van der Waals surface area contributed by atoms with Crippen molar-refractivity contribution in [3.05, 3.63) is 24.4 Å². The first-order valence-electron chi connectivity index (χ1n) is 7.24. The van der Waals surface area contributed by atoms with E-state index in [1.165, 1.54) is 0 Å². The molecule has 0 spiro atoms. The van der Waals surface area contributed by atoms with Crippen LogP contribution in [0.1, 0.15) is 27.7 Å². The van der Waals surface area contributed by atoms with Gasteiger partial charge < -0.3 is 18.6 Å². The molecule has 0 amide bonds. The molecule has 4 nitrogen and oxygen atoms in total. The van der Waals surface area contributed by atoms with Crippen molar-refractivity contribution in [2.24, 2.45) is 7.05 Å². The summed E-state index contributed by atoms with van der Waals surface area (Å²) in [5.74, 6) is 0.859. The van der Waals surface area contributed by atoms with Crippen LogP contribution in [0.5, 0.6) is 5.75 Å². The zero-order valence-corrected chi connectivity index (χ0v) is 13.6. The number of rotatable bonds is 2. The van der Waals surface area contributed by atoms with Gasteiger partial charge >= 0.3 is 7.12 Å². The predicted molar refractivity (Wildman–Crippen MR) is 85.2 cm³/mol. The van der Waals surface area contributed by atoms with Crippen LogP contribution in [0.25, 0.3) is 10.9 Å². The fraction of sp³-hybridized carbons (Fsp3) is 0.500. The average molecular weight is 287 g/mol. The number of aryl methyl sites for hydroxylation is 1. The zero-order chi connectivity index (χ0) is 15.4. The van der Waals surface area contributed by atoms with Gasteiger partial charge in [-0.2, -0.15) is 0 Å². The standard InChI is InChI=1S/C16H22BNO3/c1-15(2)16(3,4)21-17(20-15)12-10-18(5)14-11(12)8-7-9-13(14)19-6/h7-10H,1-6H3. The largest absolute Gasteiger partial charge is 0.497 e. The van der Waals surface area contributed by atoms with Crippen LogP contribution in [-0.4, -0.2) is 30.0 Å². The Morgan fingerprint density at radius 3 is 2.29 bits per heavy atom. The van der Waals surface area contributed by atoms with Crippen LogP contribution in [0.4, 0.5) is 0 Å². The monoisotopic (exact) mass is 287 g/mol.